The van der Waals surface area contributed by atoms with Crippen LogP contribution in [-0.4, -0.2) is 21.1 Å². The molecule has 5 heteroatoms. The fourth-order valence-corrected chi connectivity index (χ4v) is 4.10. The number of fused-ring (bicyclic) bond motifs is 3. The summed E-state index contributed by atoms with van der Waals surface area (Å²) in [4.78, 5) is 25.7. The van der Waals surface area contributed by atoms with E-state index >= 15 is 0 Å². The summed E-state index contributed by atoms with van der Waals surface area (Å²) in [6.07, 6.45) is 4.44. The summed E-state index contributed by atoms with van der Waals surface area (Å²) in [6.45, 7) is 2.66. The van der Waals surface area contributed by atoms with Gasteiger partial charge in [-0.2, -0.15) is 0 Å². The van der Waals surface area contributed by atoms with Crippen molar-refractivity contribution >= 4 is 27.7 Å². The third-order valence-electron chi connectivity index (χ3n) is 5.39. The predicted octanol–water partition coefficient (Wildman–Crippen LogP) is 3.19. The van der Waals surface area contributed by atoms with E-state index in [1.807, 2.05) is 35.8 Å². The molecule has 0 spiro atoms. The van der Waals surface area contributed by atoms with E-state index in [9.17, 15) is 9.59 Å². The quantitative estimate of drug-likeness (QED) is 0.798. The largest absolute Gasteiger partial charge is 0.348 e. The fourth-order valence-electron chi connectivity index (χ4n) is 4.10. The first-order chi connectivity index (χ1) is 12.1. The summed E-state index contributed by atoms with van der Waals surface area (Å²) in [5.41, 5.74) is 2.27. The zero-order chi connectivity index (χ0) is 17.6. The van der Waals surface area contributed by atoms with Crippen LogP contribution in [0.5, 0.6) is 0 Å². The van der Waals surface area contributed by atoms with Gasteiger partial charge in [0, 0.05) is 25.0 Å². The molecule has 25 heavy (non-hydrogen) atoms. The molecule has 0 bridgehead atoms. The van der Waals surface area contributed by atoms with Gasteiger partial charge in [0.2, 0.25) is 0 Å². The Hall–Kier alpha value is -2.56. The number of hydrogen-bond acceptors (Lipinski definition) is 2. The number of nitrogens with one attached hydrogen (secondary N) is 1. The second-order valence-corrected chi connectivity index (χ2v) is 6.87. The van der Waals surface area contributed by atoms with Crippen molar-refractivity contribution in [1.29, 1.82) is 0 Å². The Bertz CT molecular complexity index is 1020. The Morgan fingerprint density at radius 1 is 1.20 bits per heavy atom. The lowest BCUT2D eigenvalue weighted by atomic mass is 10.1. The molecule has 5 nitrogen and oxygen atoms in total. The van der Waals surface area contributed by atoms with Crippen LogP contribution in [0.2, 0.25) is 0 Å². The van der Waals surface area contributed by atoms with E-state index in [0.29, 0.717) is 17.6 Å². The van der Waals surface area contributed by atoms with Gasteiger partial charge >= 0.3 is 0 Å². The number of carbonyl (C=O) groups excluding carboxylic acids is 1. The van der Waals surface area contributed by atoms with Crippen molar-refractivity contribution in [2.75, 3.05) is 0 Å². The normalized spacial score (nSPS) is 15.3. The standard InChI is InChI=1S/C20H23N3O2/c1-3-23-17(19(24)21-13-8-4-5-9-13)12-15-18(23)14-10-6-7-11-16(14)22(2)20(15)25/h6-7,10-13H,3-5,8-9H2,1-2H3,(H,21,24). The van der Waals surface area contributed by atoms with Gasteiger partial charge in [0.1, 0.15) is 5.69 Å². The Morgan fingerprint density at radius 3 is 2.64 bits per heavy atom. The van der Waals surface area contributed by atoms with Crippen LogP contribution in [0.3, 0.4) is 0 Å². The maximum absolute atomic E-state index is 12.8. The number of amides is 1. The number of aromatic nitrogens is 2. The summed E-state index contributed by atoms with van der Waals surface area (Å²) in [6, 6.07) is 9.88. The molecule has 1 amide bonds. The third-order valence-corrected chi connectivity index (χ3v) is 5.39. The Morgan fingerprint density at radius 2 is 1.92 bits per heavy atom. The highest BCUT2D eigenvalue weighted by Crippen LogP contribution is 2.26. The summed E-state index contributed by atoms with van der Waals surface area (Å²) in [7, 11) is 1.78. The topological polar surface area (TPSA) is 56.0 Å². The van der Waals surface area contributed by atoms with Crippen LogP contribution >= 0.6 is 0 Å². The lowest BCUT2D eigenvalue weighted by molar-refractivity contribution is 0.0929. The van der Waals surface area contributed by atoms with Crippen molar-refractivity contribution < 1.29 is 4.79 Å². The molecule has 0 saturated heterocycles. The van der Waals surface area contributed by atoms with E-state index in [1.165, 1.54) is 12.8 Å². The van der Waals surface area contributed by atoms with Gasteiger partial charge in [-0.15, -0.1) is 0 Å². The third kappa shape index (κ3) is 2.46. The molecule has 130 valence electrons. The number of rotatable bonds is 3. The van der Waals surface area contributed by atoms with Crippen molar-refractivity contribution in [2.24, 2.45) is 7.05 Å². The SMILES string of the molecule is CCn1c(C(=O)NC2CCCC2)cc2c(=O)n(C)c3ccccc3c21. The highest BCUT2D eigenvalue weighted by Gasteiger charge is 2.23. The number of hydrogen-bond donors (Lipinski definition) is 1. The minimum atomic E-state index is -0.0731. The second kappa shape index (κ2) is 6.06. The molecule has 1 saturated carbocycles. The van der Waals surface area contributed by atoms with Crippen molar-refractivity contribution in [3.63, 3.8) is 0 Å². The van der Waals surface area contributed by atoms with Crippen LogP contribution in [0.25, 0.3) is 21.8 Å². The van der Waals surface area contributed by atoms with Gasteiger partial charge < -0.3 is 14.5 Å². The van der Waals surface area contributed by atoms with E-state index < -0.39 is 0 Å². The van der Waals surface area contributed by atoms with Crippen molar-refractivity contribution in [1.82, 2.24) is 14.5 Å². The predicted molar refractivity (Wildman–Crippen MR) is 100 cm³/mol. The van der Waals surface area contributed by atoms with Crippen LogP contribution in [0.15, 0.2) is 35.1 Å². The molecular formula is C20H23N3O2. The van der Waals surface area contributed by atoms with Gasteiger partial charge in [-0.1, -0.05) is 31.0 Å². The molecular weight excluding hydrogens is 314 g/mol. The minimum absolute atomic E-state index is 0.0594. The molecule has 1 aliphatic carbocycles. The zero-order valence-electron chi connectivity index (χ0n) is 14.7. The first-order valence-electron chi connectivity index (χ1n) is 9.03. The van der Waals surface area contributed by atoms with Crippen molar-refractivity contribution in [3.05, 3.63) is 46.4 Å². The molecule has 0 aliphatic heterocycles. The summed E-state index contributed by atoms with van der Waals surface area (Å²) < 4.78 is 3.64. The Kier molecular flexibility index (Phi) is 3.86. The number of carbonyl (C=O) groups is 1. The van der Waals surface area contributed by atoms with E-state index in [1.54, 1.807) is 17.7 Å². The van der Waals surface area contributed by atoms with E-state index in [2.05, 4.69) is 5.32 Å². The zero-order valence-corrected chi connectivity index (χ0v) is 14.7. The van der Waals surface area contributed by atoms with Crippen LogP contribution in [0.1, 0.15) is 43.1 Å². The first-order valence-corrected chi connectivity index (χ1v) is 9.03. The first kappa shape index (κ1) is 15.9. The highest BCUT2D eigenvalue weighted by molar-refractivity contribution is 6.08. The fraction of sp³-hybridized carbons (Fsp3) is 0.400. The van der Waals surface area contributed by atoms with Crippen LogP contribution in [0, 0.1) is 0 Å². The molecule has 0 radical (unpaired) electrons. The van der Waals surface area contributed by atoms with E-state index in [0.717, 1.165) is 29.3 Å². The maximum Gasteiger partial charge on any atom is 0.268 e. The van der Waals surface area contributed by atoms with Gasteiger partial charge in [0.15, 0.2) is 0 Å². The molecule has 1 fully saturated rings. The summed E-state index contributed by atoms with van der Waals surface area (Å²) >= 11 is 0. The number of nitrogens with zero attached hydrogens (tertiary/aromatic N) is 2. The summed E-state index contributed by atoms with van der Waals surface area (Å²) in [5.74, 6) is -0.0731. The van der Waals surface area contributed by atoms with Crippen molar-refractivity contribution in [3.8, 4) is 0 Å². The molecule has 3 aromatic rings. The van der Waals surface area contributed by atoms with E-state index in [-0.39, 0.29) is 17.5 Å². The van der Waals surface area contributed by atoms with Gasteiger partial charge in [-0.3, -0.25) is 9.59 Å². The number of aryl methyl sites for hydroxylation is 2. The smallest absolute Gasteiger partial charge is 0.268 e. The second-order valence-electron chi connectivity index (χ2n) is 6.87. The van der Waals surface area contributed by atoms with Gasteiger partial charge in [-0.25, -0.2) is 0 Å². The molecule has 0 atom stereocenters. The number of para-hydroxylation sites is 1. The minimum Gasteiger partial charge on any atom is -0.348 e. The van der Waals surface area contributed by atoms with Crippen LogP contribution < -0.4 is 10.9 Å². The molecule has 1 aliphatic rings. The van der Waals surface area contributed by atoms with Gasteiger partial charge in [0.25, 0.3) is 11.5 Å². The molecule has 2 aromatic heterocycles. The number of benzene rings is 1. The number of pyridine rings is 1. The maximum atomic E-state index is 12.8. The Balaban J connectivity index is 1.94. The van der Waals surface area contributed by atoms with E-state index in [4.69, 9.17) is 0 Å². The van der Waals surface area contributed by atoms with Crippen LogP contribution in [0.4, 0.5) is 0 Å². The average molecular weight is 337 g/mol. The molecule has 0 unspecified atom stereocenters. The highest BCUT2D eigenvalue weighted by atomic mass is 16.2. The molecule has 2 heterocycles. The van der Waals surface area contributed by atoms with Crippen molar-refractivity contribution in [2.45, 2.75) is 45.2 Å². The monoisotopic (exact) mass is 337 g/mol. The van der Waals surface area contributed by atoms with Gasteiger partial charge in [0.05, 0.1) is 16.4 Å². The van der Waals surface area contributed by atoms with Crippen LogP contribution in [-0.2, 0) is 13.6 Å². The summed E-state index contributed by atoms with van der Waals surface area (Å²) in [5, 5.41) is 4.76. The van der Waals surface area contributed by atoms with Gasteiger partial charge in [-0.05, 0) is 31.9 Å². The molecule has 1 aromatic carbocycles. The molecule has 4 rings (SSSR count). The Labute approximate surface area is 146 Å². The molecule has 1 N–H and O–H groups in total. The average Bonchev–Trinajstić information content (AvgIpc) is 3.26. The lowest BCUT2D eigenvalue weighted by Crippen LogP contribution is -2.33. The lowest BCUT2D eigenvalue weighted by Gasteiger charge is -2.14.